The Morgan fingerprint density at radius 2 is 1.95 bits per heavy atom. The van der Waals surface area contributed by atoms with Crippen LogP contribution in [0, 0.1) is 18.8 Å². The summed E-state index contributed by atoms with van der Waals surface area (Å²) in [7, 11) is 1.77. The number of hydrogen-bond acceptors (Lipinski definition) is 1. The second-order valence-corrected chi connectivity index (χ2v) is 6.79. The maximum absolute atomic E-state index is 5.43. The summed E-state index contributed by atoms with van der Waals surface area (Å²) in [5.74, 6) is 3.04. The van der Waals surface area contributed by atoms with E-state index in [1.165, 1.54) is 68.9 Å². The Morgan fingerprint density at radius 1 is 1.19 bits per heavy atom. The standard InChI is InChI=1S/C20H32O/c1-4-8-18(19-10-5-6-11-19)12-7-9-17-14-13-16(2)20(15-17)21-3/h13-15,18-19H,4-12H2,1-3H3. The number of benzene rings is 1. The van der Waals surface area contributed by atoms with Gasteiger partial charge in [0.1, 0.15) is 5.75 Å². The van der Waals surface area contributed by atoms with Crippen LogP contribution in [-0.4, -0.2) is 7.11 Å². The van der Waals surface area contributed by atoms with Gasteiger partial charge in [0.25, 0.3) is 0 Å². The first-order chi connectivity index (χ1) is 10.2. The molecule has 1 heteroatoms. The molecule has 1 unspecified atom stereocenters. The molecule has 0 aliphatic heterocycles. The Bertz CT molecular complexity index is 418. The topological polar surface area (TPSA) is 9.23 Å². The van der Waals surface area contributed by atoms with Gasteiger partial charge in [-0.2, -0.15) is 0 Å². The fourth-order valence-electron chi connectivity index (χ4n) is 4.00. The Balaban J connectivity index is 1.83. The minimum absolute atomic E-state index is 0.977. The molecule has 1 atom stereocenters. The van der Waals surface area contributed by atoms with Crippen molar-refractivity contribution in [1.29, 1.82) is 0 Å². The maximum Gasteiger partial charge on any atom is 0.122 e. The second kappa shape index (κ2) is 8.46. The van der Waals surface area contributed by atoms with E-state index in [-0.39, 0.29) is 0 Å². The van der Waals surface area contributed by atoms with E-state index in [0.29, 0.717) is 0 Å². The summed E-state index contributed by atoms with van der Waals surface area (Å²) in [6.07, 6.45) is 12.6. The average Bonchev–Trinajstić information content (AvgIpc) is 3.02. The summed E-state index contributed by atoms with van der Waals surface area (Å²) in [6.45, 7) is 4.45. The Kier molecular flexibility index (Phi) is 6.60. The van der Waals surface area contributed by atoms with E-state index < -0.39 is 0 Å². The number of hydrogen-bond donors (Lipinski definition) is 0. The predicted octanol–water partition coefficient (Wildman–Crippen LogP) is 5.93. The minimum Gasteiger partial charge on any atom is -0.496 e. The molecular formula is C20H32O. The molecule has 0 aromatic heterocycles. The lowest BCUT2D eigenvalue weighted by molar-refractivity contribution is 0.291. The molecule has 2 rings (SSSR count). The van der Waals surface area contributed by atoms with Crippen LogP contribution in [0.5, 0.6) is 5.75 Å². The average molecular weight is 288 g/mol. The second-order valence-electron chi connectivity index (χ2n) is 6.79. The smallest absolute Gasteiger partial charge is 0.122 e. The van der Waals surface area contributed by atoms with Gasteiger partial charge in [-0.1, -0.05) is 57.6 Å². The van der Waals surface area contributed by atoms with E-state index in [4.69, 9.17) is 4.74 Å². The van der Waals surface area contributed by atoms with Crippen molar-refractivity contribution in [3.05, 3.63) is 29.3 Å². The van der Waals surface area contributed by atoms with Crippen molar-refractivity contribution in [2.45, 2.75) is 71.6 Å². The van der Waals surface area contributed by atoms with Crippen LogP contribution in [0.2, 0.25) is 0 Å². The quantitative estimate of drug-likeness (QED) is 0.576. The van der Waals surface area contributed by atoms with Crippen molar-refractivity contribution < 1.29 is 4.74 Å². The van der Waals surface area contributed by atoms with Gasteiger partial charge in [0.15, 0.2) is 0 Å². The predicted molar refractivity (Wildman–Crippen MR) is 91.0 cm³/mol. The van der Waals surface area contributed by atoms with Crippen LogP contribution in [0.4, 0.5) is 0 Å². The van der Waals surface area contributed by atoms with E-state index in [0.717, 1.165) is 17.6 Å². The fourth-order valence-corrected chi connectivity index (χ4v) is 4.00. The molecule has 0 bridgehead atoms. The third kappa shape index (κ3) is 4.76. The van der Waals surface area contributed by atoms with Gasteiger partial charge in [0.05, 0.1) is 7.11 Å². The van der Waals surface area contributed by atoms with E-state index >= 15 is 0 Å². The molecule has 1 aromatic carbocycles. The highest BCUT2D eigenvalue weighted by Gasteiger charge is 2.23. The van der Waals surface area contributed by atoms with Crippen LogP contribution in [0.1, 0.15) is 69.4 Å². The van der Waals surface area contributed by atoms with Crippen molar-refractivity contribution in [3.63, 3.8) is 0 Å². The molecular weight excluding hydrogens is 256 g/mol. The van der Waals surface area contributed by atoms with Crippen LogP contribution < -0.4 is 4.74 Å². The lowest BCUT2D eigenvalue weighted by Gasteiger charge is -2.23. The Morgan fingerprint density at radius 3 is 2.62 bits per heavy atom. The SMILES string of the molecule is CCCC(CCCc1ccc(C)c(OC)c1)C1CCCC1. The minimum atomic E-state index is 0.977. The van der Waals surface area contributed by atoms with Crippen LogP contribution in [0.15, 0.2) is 18.2 Å². The summed E-state index contributed by atoms with van der Waals surface area (Å²) >= 11 is 0. The van der Waals surface area contributed by atoms with Gasteiger partial charge in [-0.25, -0.2) is 0 Å². The third-order valence-electron chi connectivity index (χ3n) is 5.24. The van der Waals surface area contributed by atoms with Crippen LogP contribution in [-0.2, 0) is 6.42 Å². The van der Waals surface area contributed by atoms with E-state index in [1.54, 1.807) is 7.11 Å². The highest BCUT2D eigenvalue weighted by molar-refractivity contribution is 5.36. The molecule has 0 radical (unpaired) electrons. The first-order valence-electron chi connectivity index (χ1n) is 8.88. The molecule has 1 aliphatic carbocycles. The first kappa shape index (κ1) is 16.4. The van der Waals surface area contributed by atoms with Crippen molar-refractivity contribution in [3.8, 4) is 5.75 Å². The molecule has 0 amide bonds. The molecule has 0 saturated heterocycles. The summed E-state index contributed by atoms with van der Waals surface area (Å²) in [5.41, 5.74) is 2.66. The monoisotopic (exact) mass is 288 g/mol. The summed E-state index contributed by atoms with van der Waals surface area (Å²) in [6, 6.07) is 6.68. The van der Waals surface area contributed by atoms with Gasteiger partial charge in [-0.3, -0.25) is 0 Å². The molecule has 21 heavy (non-hydrogen) atoms. The fraction of sp³-hybridized carbons (Fsp3) is 0.700. The highest BCUT2D eigenvalue weighted by atomic mass is 16.5. The largest absolute Gasteiger partial charge is 0.496 e. The first-order valence-corrected chi connectivity index (χ1v) is 8.88. The molecule has 118 valence electrons. The third-order valence-corrected chi connectivity index (χ3v) is 5.24. The van der Waals surface area contributed by atoms with Gasteiger partial charge in [0.2, 0.25) is 0 Å². The van der Waals surface area contributed by atoms with Crippen LogP contribution in [0.25, 0.3) is 0 Å². The molecule has 0 N–H and O–H groups in total. The molecule has 1 fully saturated rings. The molecule has 0 heterocycles. The Labute approximate surface area is 131 Å². The lowest BCUT2D eigenvalue weighted by Crippen LogP contribution is -2.12. The number of methoxy groups -OCH3 is 1. The summed E-state index contributed by atoms with van der Waals surface area (Å²) in [5, 5.41) is 0. The highest BCUT2D eigenvalue weighted by Crippen LogP contribution is 2.36. The van der Waals surface area contributed by atoms with E-state index in [9.17, 15) is 0 Å². The van der Waals surface area contributed by atoms with Gasteiger partial charge in [0, 0.05) is 0 Å². The van der Waals surface area contributed by atoms with Gasteiger partial charge >= 0.3 is 0 Å². The molecule has 1 aromatic rings. The normalized spacial score (nSPS) is 17.1. The van der Waals surface area contributed by atoms with E-state index in [1.807, 2.05) is 0 Å². The molecule has 1 saturated carbocycles. The summed E-state index contributed by atoms with van der Waals surface area (Å²) < 4.78 is 5.43. The lowest BCUT2D eigenvalue weighted by atomic mass is 9.83. The maximum atomic E-state index is 5.43. The number of aryl methyl sites for hydroxylation is 2. The molecule has 1 aliphatic rings. The van der Waals surface area contributed by atoms with Gasteiger partial charge < -0.3 is 4.74 Å². The van der Waals surface area contributed by atoms with Crippen LogP contribution in [0.3, 0.4) is 0 Å². The summed E-state index contributed by atoms with van der Waals surface area (Å²) in [4.78, 5) is 0. The number of ether oxygens (including phenoxy) is 1. The zero-order chi connectivity index (χ0) is 15.1. The van der Waals surface area contributed by atoms with Crippen molar-refractivity contribution in [2.75, 3.05) is 7.11 Å². The van der Waals surface area contributed by atoms with Crippen LogP contribution >= 0.6 is 0 Å². The van der Waals surface area contributed by atoms with Gasteiger partial charge in [-0.15, -0.1) is 0 Å². The van der Waals surface area contributed by atoms with Crippen molar-refractivity contribution in [2.24, 2.45) is 11.8 Å². The molecule has 0 spiro atoms. The zero-order valence-corrected chi connectivity index (χ0v) is 14.2. The molecule has 1 nitrogen and oxygen atoms in total. The van der Waals surface area contributed by atoms with Crippen molar-refractivity contribution >= 4 is 0 Å². The Hall–Kier alpha value is -0.980. The van der Waals surface area contributed by atoms with Crippen molar-refractivity contribution in [1.82, 2.24) is 0 Å². The van der Waals surface area contributed by atoms with E-state index in [2.05, 4.69) is 32.0 Å². The number of rotatable bonds is 8. The van der Waals surface area contributed by atoms with Gasteiger partial charge in [-0.05, 0) is 55.2 Å². The zero-order valence-electron chi connectivity index (χ0n) is 14.2.